The number of hydrogen-bond acceptors (Lipinski definition) is 2. The van der Waals surface area contributed by atoms with Crippen LogP contribution in [-0.4, -0.2) is 25.4 Å². The molecule has 21 heavy (non-hydrogen) atoms. The van der Waals surface area contributed by atoms with Crippen LogP contribution < -0.4 is 5.32 Å². The molecule has 2 atom stereocenters. The normalized spacial score (nSPS) is 15.0. The maximum Gasteiger partial charge on any atom is 0.414 e. The number of ether oxygens (including phenoxy) is 1. The molecule has 0 aliphatic heterocycles. The molecule has 0 fully saturated rings. The number of aryl methyl sites for hydroxylation is 1. The lowest BCUT2D eigenvalue weighted by atomic mass is 10.0. The molecular weight excluding hydrogens is 279 g/mol. The second-order valence-electron chi connectivity index (χ2n) is 5.12. The van der Waals surface area contributed by atoms with Gasteiger partial charge in [-0.3, -0.25) is 0 Å². The highest BCUT2D eigenvalue weighted by molar-refractivity contribution is 5.25. The molecule has 1 aromatic carbocycles. The van der Waals surface area contributed by atoms with Gasteiger partial charge in [-0.05, 0) is 37.4 Å². The summed E-state index contributed by atoms with van der Waals surface area (Å²) >= 11 is 0. The third-order valence-corrected chi connectivity index (χ3v) is 3.40. The van der Waals surface area contributed by atoms with Gasteiger partial charge in [-0.2, -0.15) is 13.2 Å². The Morgan fingerprint density at radius 2 is 1.76 bits per heavy atom. The van der Waals surface area contributed by atoms with E-state index in [9.17, 15) is 13.2 Å². The van der Waals surface area contributed by atoms with E-state index in [1.165, 1.54) is 5.56 Å². The third-order valence-electron chi connectivity index (χ3n) is 3.40. The molecule has 2 unspecified atom stereocenters. The molecule has 0 amide bonds. The van der Waals surface area contributed by atoms with Crippen molar-refractivity contribution in [2.75, 3.05) is 13.2 Å². The van der Waals surface area contributed by atoms with E-state index in [4.69, 9.17) is 4.74 Å². The SMILES string of the molecule is CCCNC(COC(C)C(F)(F)F)c1ccc(CC)cc1. The number of nitrogens with one attached hydrogen (secondary N) is 1. The highest BCUT2D eigenvalue weighted by atomic mass is 19.4. The molecule has 120 valence electrons. The van der Waals surface area contributed by atoms with Gasteiger partial charge < -0.3 is 10.1 Å². The zero-order chi connectivity index (χ0) is 15.9. The predicted octanol–water partition coefficient (Wildman–Crippen LogP) is 4.26. The van der Waals surface area contributed by atoms with Crippen LogP contribution in [0.3, 0.4) is 0 Å². The first kappa shape index (κ1) is 18.0. The minimum atomic E-state index is -4.32. The Bertz CT molecular complexity index is 403. The number of alkyl halides is 3. The molecule has 0 heterocycles. The summed E-state index contributed by atoms with van der Waals surface area (Å²) < 4.78 is 42.5. The lowest BCUT2D eigenvalue weighted by molar-refractivity contribution is -0.215. The Morgan fingerprint density at radius 1 is 1.14 bits per heavy atom. The molecule has 0 saturated heterocycles. The molecule has 1 aromatic rings. The van der Waals surface area contributed by atoms with Gasteiger partial charge in [-0.25, -0.2) is 0 Å². The second-order valence-corrected chi connectivity index (χ2v) is 5.12. The highest BCUT2D eigenvalue weighted by Gasteiger charge is 2.37. The van der Waals surface area contributed by atoms with Crippen LogP contribution in [0.4, 0.5) is 13.2 Å². The van der Waals surface area contributed by atoms with Crippen LogP contribution in [0.25, 0.3) is 0 Å². The summed E-state index contributed by atoms with van der Waals surface area (Å²) in [6, 6.07) is 7.69. The molecule has 2 nitrogen and oxygen atoms in total. The smallest absolute Gasteiger partial charge is 0.367 e. The van der Waals surface area contributed by atoms with Crippen LogP contribution in [0.15, 0.2) is 24.3 Å². The van der Waals surface area contributed by atoms with Crippen LogP contribution >= 0.6 is 0 Å². The van der Waals surface area contributed by atoms with Crippen molar-refractivity contribution in [1.29, 1.82) is 0 Å². The molecule has 0 aromatic heterocycles. The zero-order valence-corrected chi connectivity index (χ0v) is 12.8. The van der Waals surface area contributed by atoms with Gasteiger partial charge in [0.2, 0.25) is 0 Å². The fourth-order valence-electron chi connectivity index (χ4n) is 1.91. The maximum absolute atomic E-state index is 12.5. The van der Waals surface area contributed by atoms with E-state index in [2.05, 4.69) is 12.2 Å². The molecule has 0 radical (unpaired) electrons. The topological polar surface area (TPSA) is 21.3 Å². The lowest BCUT2D eigenvalue weighted by Gasteiger charge is -2.23. The van der Waals surface area contributed by atoms with E-state index in [0.717, 1.165) is 31.9 Å². The van der Waals surface area contributed by atoms with Gasteiger partial charge in [-0.15, -0.1) is 0 Å². The van der Waals surface area contributed by atoms with E-state index in [1.54, 1.807) is 0 Å². The Balaban J connectivity index is 2.70. The summed E-state index contributed by atoms with van der Waals surface area (Å²) in [6.45, 7) is 5.87. The molecule has 0 saturated carbocycles. The number of halogens is 3. The van der Waals surface area contributed by atoms with Crippen LogP contribution in [0.2, 0.25) is 0 Å². The monoisotopic (exact) mass is 303 g/mol. The maximum atomic E-state index is 12.5. The molecular formula is C16H24F3NO. The van der Waals surface area contributed by atoms with Crippen molar-refractivity contribution in [3.63, 3.8) is 0 Å². The van der Waals surface area contributed by atoms with E-state index in [1.807, 2.05) is 31.2 Å². The van der Waals surface area contributed by atoms with Crippen molar-refractivity contribution in [2.24, 2.45) is 0 Å². The van der Waals surface area contributed by atoms with Crippen molar-refractivity contribution >= 4 is 0 Å². The fraction of sp³-hybridized carbons (Fsp3) is 0.625. The average molecular weight is 303 g/mol. The van der Waals surface area contributed by atoms with Crippen molar-refractivity contribution in [3.8, 4) is 0 Å². The molecule has 1 rings (SSSR count). The van der Waals surface area contributed by atoms with Gasteiger partial charge in [0, 0.05) is 0 Å². The van der Waals surface area contributed by atoms with Gasteiger partial charge >= 0.3 is 6.18 Å². The quantitative estimate of drug-likeness (QED) is 0.775. The van der Waals surface area contributed by atoms with Crippen molar-refractivity contribution < 1.29 is 17.9 Å². The lowest BCUT2D eigenvalue weighted by Crippen LogP contribution is -2.33. The van der Waals surface area contributed by atoms with Crippen LogP contribution in [-0.2, 0) is 11.2 Å². The first-order valence-electron chi connectivity index (χ1n) is 7.39. The predicted molar refractivity (Wildman–Crippen MR) is 78.3 cm³/mol. The van der Waals surface area contributed by atoms with Gasteiger partial charge in [0.15, 0.2) is 6.10 Å². The molecule has 0 spiro atoms. The first-order chi connectivity index (χ1) is 9.88. The summed E-state index contributed by atoms with van der Waals surface area (Å²) in [7, 11) is 0. The van der Waals surface area contributed by atoms with Crippen molar-refractivity contribution in [3.05, 3.63) is 35.4 Å². The molecule has 5 heteroatoms. The van der Waals surface area contributed by atoms with Crippen LogP contribution in [0.1, 0.15) is 44.4 Å². The van der Waals surface area contributed by atoms with E-state index in [-0.39, 0.29) is 12.6 Å². The van der Waals surface area contributed by atoms with Gasteiger partial charge in [0.05, 0.1) is 12.6 Å². The second kappa shape index (κ2) is 8.39. The summed E-state index contributed by atoms with van der Waals surface area (Å²) in [5.74, 6) is 0. The van der Waals surface area contributed by atoms with Crippen molar-refractivity contribution in [2.45, 2.75) is 51.9 Å². The summed E-state index contributed by atoms with van der Waals surface area (Å²) in [6.07, 6.45) is -4.22. The summed E-state index contributed by atoms with van der Waals surface area (Å²) in [4.78, 5) is 0. The average Bonchev–Trinajstić information content (AvgIpc) is 2.46. The Hall–Kier alpha value is -1.07. The zero-order valence-electron chi connectivity index (χ0n) is 12.8. The minimum Gasteiger partial charge on any atom is -0.367 e. The molecule has 0 aliphatic carbocycles. The third kappa shape index (κ3) is 6.06. The van der Waals surface area contributed by atoms with Gasteiger partial charge in [-0.1, -0.05) is 38.1 Å². The summed E-state index contributed by atoms with van der Waals surface area (Å²) in [5, 5.41) is 3.24. The Labute approximate surface area is 124 Å². The van der Waals surface area contributed by atoms with Crippen LogP contribution in [0, 0.1) is 0 Å². The van der Waals surface area contributed by atoms with Crippen molar-refractivity contribution in [1.82, 2.24) is 5.32 Å². The molecule has 0 aliphatic rings. The van der Waals surface area contributed by atoms with E-state index < -0.39 is 12.3 Å². The standard InChI is InChI=1S/C16H24F3NO/c1-4-10-20-15(11-21-12(3)16(17,18)19)14-8-6-13(5-2)7-9-14/h6-9,12,15,20H,4-5,10-11H2,1-3H3. The molecule has 1 N–H and O–H groups in total. The van der Waals surface area contributed by atoms with E-state index >= 15 is 0 Å². The number of hydrogen-bond donors (Lipinski definition) is 1. The fourth-order valence-corrected chi connectivity index (χ4v) is 1.91. The molecule has 0 bridgehead atoms. The van der Waals surface area contributed by atoms with Gasteiger partial charge in [0.1, 0.15) is 0 Å². The van der Waals surface area contributed by atoms with E-state index in [0.29, 0.717) is 0 Å². The minimum absolute atomic E-state index is 0.00610. The highest BCUT2D eigenvalue weighted by Crippen LogP contribution is 2.24. The van der Waals surface area contributed by atoms with Crippen LogP contribution in [0.5, 0.6) is 0 Å². The summed E-state index contributed by atoms with van der Waals surface area (Å²) in [5.41, 5.74) is 2.16. The Morgan fingerprint density at radius 3 is 2.24 bits per heavy atom. The Kier molecular flexibility index (Phi) is 7.18. The number of benzene rings is 1. The number of rotatable bonds is 8. The largest absolute Gasteiger partial charge is 0.414 e. The first-order valence-corrected chi connectivity index (χ1v) is 7.39. The van der Waals surface area contributed by atoms with Gasteiger partial charge in [0.25, 0.3) is 0 Å².